The molecule has 0 atom stereocenters. The van der Waals surface area contributed by atoms with E-state index in [9.17, 15) is 9.59 Å². The standard InChI is InChI=1S/C10H6ClNO4/c1-16-8(13)3-2-6-4-7(10(14)15)5-12-9(6)11/h4-5H,1H3,(H,14,15). The van der Waals surface area contributed by atoms with E-state index in [0.29, 0.717) is 0 Å². The maximum Gasteiger partial charge on any atom is 0.384 e. The highest BCUT2D eigenvalue weighted by atomic mass is 35.5. The highest BCUT2D eigenvalue weighted by Gasteiger charge is 2.07. The molecule has 0 radical (unpaired) electrons. The predicted molar refractivity (Wildman–Crippen MR) is 55.1 cm³/mol. The molecule has 0 spiro atoms. The molecule has 6 heteroatoms. The quantitative estimate of drug-likeness (QED) is 0.449. The van der Waals surface area contributed by atoms with Crippen molar-refractivity contribution in [2.24, 2.45) is 0 Å². The molecule has 0 saturated carbocycles. The number of hydrogen-bond donors (Lipinski definition) is 1. The molecule has 5 nitrogen and oxygen atoms in total. The second-order valence-electron chi connectivity index (χ2n) is 2.61. The molecule has 16 heavy (non-hydrogen) atoms. The second-order valence-corrected chi connectivity index (χ2v) is 2.97. The van der Waals surface area contributed by atoms with Crippen molar-refractivity contribution in [2.75, 3.05) is 7.11 Å². The Labute approximate surface area is 96.0 Å². The van der Waals surface area contributed by atoms with Crippen LogP contribution in [0.15, 0.2) is 12.3 Å². The highest BCUT2D eigenvalue weighted by Crippen LogP contribution is 2.13. The number of pyridine rings is 1. The number of aromatic carboxylic acids is 1. The van der Waals surface area contributed by atoms with Crippen molar-refractivity contribution in [3.63, 3.8) is 0 Å². The first-order chi connectivity index (χ1) is 7.54. The summed E-state index contributed by atoms with van der Waals surface area (Å²) in [5.74, 6) is 2.62. The van der Waals surface area contributed by atoms with Gasteiger partial charge >= 0.3 is 11.9 Å². The van der Waals surface area contributed by atoms with E-state index in [1.165, 1.54) is 13.2 Å². The summed E-state index contributed by atoms with van der Waals surface area (Å²) in [4.78, 5) is 25.0. The topological polar surface area (TPSA) is 76.5 Å². The van der Waals surface area contributed by atoms with Gasteiger partial charge in [0.2, 0.25) is 0 Å². The average molecular weight is 240 g/mol. The van der Waals surface area contributed by atoms with Crippen LogP contribution in [0.4, 0.5) is 0 Å². The van der Waals surface area contributed by atoms with Crippen molar-refractivity contribution >= 4 is 23.5 Å². The van der Waals surface area contributed by atoms with Crippen LogP contribution in [0.2, 0.25) is 5.15 Å². The van der Waals surface area contributed by atoms with Crippen LogP contribution in [-0.4, -0.2) is 29.1 Å². The number of ether oxygens (including phenoxy) is 1. The number of aromatic nitrogens is 1. The van der Waals surface area contributed by atoms with Crippen LogP contribution in [0.3, 0.4) is 0 Å². The van der Waals surface area contributed by atoms with E-state index in [2.05, 4.69) is 21.6 Å². The average Bonchev–Trinajstić information content (AvgIpc) is 2.27. The maximum atomic E-state index is 10.7. The van der Waals surface area contributed by atoms with Crippen LogP contribution in [0, 0.1) is 11.8 Å². The van der Waals surface area contributed by atoms with Crippen molar-refractivity contribution < 1.29 is 19.4 Å². The van der Waals surface area contributed by atoms with Gasteiger partial charge < -0.3 is 9.84 Å². The van der Waals surface area contributed by atoms with E-state index in [1.54, 1.807) is 0 Å². The minimum Gasteiger partial charge on any atom is -0.478 e. The van der Waals surface area contributed by atoms with E-state index < -0.39 is 11.9 Å². The molecular weight excluding hydrogens is 234 g/mol. The molecule has 0 saturated heterocycles. The molecule has 0 amide bonds. The molecule has 0 aliphatic heterocycles. The third-order valence-electron chi connectivity index (χ3n) is 1.57. The van der Waals surface area contributed by atoms with E-state index in [1.807, 2.05) is 0 Å². The third kappa shape index (κ3) is 2.97. The number of carbonyl (C=O) groups excluding carboxylic acids is 1. The molecule has 82 valence electrons. The summed E-state index contributed by atoms with van der Waals surface area (Å²) in [5, 5.41) is 8.73. The first-order valence-corrected chi connectivity index (χ1v) is 4.41. The molecule has 0 fully saturated rings. The third-order valence-corrected chi connectivity index (χ3v) is 1.87. The SMILES string of the molecule is COC(=O)C#Cc1cc(C(=O)O)cnc1Cl. The normalized spacial score (nSPS) is 8.88. The fourth-order valence-corrected chi connectivity index (χ4v) is 0.973. The van der Waals surface area contributed by atoms with Crippen LogP contribution in [0.5, 0.6) is 0 Å². The van der Waals surface area contributed by atoms with Crippen molar-refractivity contribution in [1.82, 2.24) is 4.98 Å². The Morgan fingerprint density at radius 3 is 2.81 bits per heavy atom. The second kappa shape index (κ2) is 5.14. The van der Waals surface area contributed by atoms with Gasteiger partial charge in [0.25, 0.3) is 0 Å². The Bertz CT molecular complexity index is 501. The summed E-state index contributed by atoms with van der Waals surface area (Å²) in [7, 11) is 1.19. The Morgan fingerprint density at radius 1 is 1.56 bits per heavy atom. The van der Waals surface area contributed by atoms with E-state index in [4.69, 9.17) is 16.7 Å². The van der Waals surface area contributed by atoms with E-state index >= 15 is 0 Å². The van der Waals surface area contributed by atoms with Gasteiger partial charge in [0, 0.05) is 12.1 Å². The number of rotatable bonds is 1. The van der Waals surface area contributed by atoms with Crippen molar-refractivity contribution in [1.29, 1.82) is 0 Å². The molecule has 1 N–H and O–H groups in total. The van der Waals surface area contributed by atoms with Crippen molar-refractivity contribution in [3.05, 3.63) is 28.5 Å². The van der Waals surface area contributed by atoms with Crippen molar-refractivity contribution in [3.8, 4) is 11.8 Å². The molecule has 0 aromatic carbocycles. The lowest BCUT2D eigenvalue weighted by Crippen LogP contribution is -1.99. The van der Waals surface area contributed by atoms with E-state index in [0.717, 1.165) is 6.20 Å². The van der Waals surface area contributed by atoms with Crippen LogP contribution in [0.25, 0.3) is 0 Å². The van der Waals surface area contributed by atoms with Gasteiger partial charge in [-0.1, -0.05) is 17.5 Å². The van der Waals surface area contributed by atoms with Gasteiger partial charge in [0.15, 0.2) is 0 Å². The minimum atomic E-state index is -1.15. The summed E-state index contributed by atoms with van der Waals surface area (Å²) in [6, 6.07) is 1.23. The number of nitrogens with zero attached hydrogens (tertiary/aromatic N) is 1. The fourth-order valence-electron chi connectivity index (χ4n) is 0.822. The van der Waals surface area contributed by atoms with Gasteiger partial charge in [-0.25, -0.2) is 14.6 Å². The summed E-state index contributed by atoms with van der Waals surface area (Å²) in [5.41, 5.74) is 0.102. The first-order valence-electron chi connectivity index (χ1n) is 4.03. The molecule has 1 rings (SSSR count). The van der Waals surface area contributed by atoms with Gasteiger partial charge in [-0.15, -0.1) is 0 Å². The first kappa shape index (κ1) is 12.0. The molecule has 1 aromatic heterocycles. The lowest BCUT2D eigenvalue weighted by molar-refractivity contribution is -0.133. The molecular formula is C10H6ClNO4. The number of halogens is 1. The fraction of sp³-hybridized carbons (Fsp3) is 0.100. The zero-order chi connectivity index (χ0) is 12.1. The molecule has 0 unspecified atom stereocenters. The van der Waals surface area contributed by atoms with Crippen molar-refractivity contribution in [2.45, 2.75) is 0 Å². The maximum absolute atomic E-state index is 10.7. The molecule has 1 aromatic rings. The minimum absolute atomic E-state index is 0.0291. The lowest BCUT2D eigenvalue weighted by Gasteiger charge is -1.97. The van der Waals surface area contributed by atoms with E-state index in [-0.39, 0.29) is 16.3 Å². The number of hydrogen-bond acceptors (Lipinski definition) is 4. The van der Waals surface area contributed by atoms with Gasteiger partial charge in [-0.05, 0) is 6.07 Å². The molecule has 0 aliphatic rings. The largest absolute Gasteiger partial charge is 0.478 e. The van der Waals surface area contributed by atoms with Crippen LogP contribution >= 0.6 is 11.6 Å². The highest BCUT2D eigenvalue weighted by molar-refractivity contribution is 6.30. The van der Waals surface area contributed by atoms with Gasteiger partial charge in [-0.2, -0.15) is 0 Å². The monoisotopic (exact) mass is 239 g/mol. The van der Waals surface area contributed by atoms with Crippen LogP contribution in [-0.2, 0) is 9.53 Å². The summed E-state index contributed by atoms with van der Waals surface area (Å²) < 4.78 is 4.30. The van der Waals surface area contributed by atoms with Gasteiger partial charge in [0.05, 0.1) is 18.2 Å². The van der Waals surface area contributed by atoms with Gasteiger partial charge in [-0.3, -0.25) is 0 Å². The number of carbonyl (C=O) groups is 2. The molecule has 0 bridgehead atoms. The number of methoxy groups -OCH3 is 1. The predicted octanol–water partition coefficient (Wildman–Crippen LogP) is 0.958. The smallest absolute Gasteiger partial charge is 0.384 e. The number of carboxylic acid groups (broad SMARTS) is 1. The van der Waals surface area contributed by atoms with Crippen LogP contribution in [0.1, 0.15) is 15.9 Å². The summed E-state index contributed by atoms with van der Waals surface area (Å²) in [6.07, 6.45) is 1.11. The Balaban J connectivity index is 3.11. The molecule has 0 aliphatic carbocycles. The summed E-state index contributed by atoms with van der Waals surface area (Å²) in [6.45, 7) is 0. The van der Waals surface area contributed by atoms with Crippen LogP contribution < -0.4 is 0 Å². The Kier molecular flexibility index (Phi) is 3.86. The number of carboxylic acids is 1. The zero-order valence-electron chi connectivity index (χ0n) is 8.15. The number of esters is 1. The zero-order valence-corrected chi connectivity index (χ0v) is 8.91. The Morgan fingerprint density at radius 2 is 2.25 bits per heavy atom. The molecule has 1 heterocycles. The Hall–Kier alpha value is -2.06. The van der Waals surface area contributed by atoms with Gasteiger partial charge in [0.1, 0.15) is 5.15 Å². The summed E-state index contributed by atoms with van der Waals surface area (Å²) >= 11 is 5.67. The lowest BCUT2D eigenvalue weighted by atomic mass is 10.2.